The molecule has 0 radical (unpaired) electrons. The molecule has 0 atom stereocenters. The SMILES string of the molecule is CC.CC.CCOc1c(O)cc2oc(-c3ccccc3)cc(=O)c2c1O. The molecule has 0 aliphatic rings. The number of hydrogen-bond acceptors (Lipinski definition) is 5. The van der Waals surface area contributed by atoms with Gasteiger partial charge >= 0.3 is 0 Å². The van der Waals surface area contributed by atoms with Crippen LogP contribution in [0.4, 0.5) is 0 Å². The molecule has 0 aliphatic carbocycles. The van der Waals surface area contributed by atoms with Gasteiger partial charge in [-0.3, -0.25) is 4.79 Å². The Morgan fingerprint density at radius 3 is 2.19 bits per heavy atom. The first-order valence-corrected chi connectivity index (χ1v) is 8.82. The van der Waals surface area contributed by atoms with Crippen LogP contribution in [0, 0.1) is 0 Å². The zero-order valence-corrected chi connectivity index (χ0v) is 15.9. The maximum Gasteiger partial charge on any atom is 0.204 e. The molecule has 2 N–H and O–H groups in total. The van der Waals surface area contributed by atoms with Gasteiger partial charge in [0.1, 0.15) is 16.7 Å². The molecule has 0 spiro atoms. The summed E-state index contributed by atoms with van der Waals surface area (Å²) in [4.78, 5) is 12.3. The van der Waals surface area contributed by atoms with Crippen molar-refractivity contribution in [3.63, 3.8) is 0 Å². The van der Waals surface area contributed by atoms with Gasteiger partial charge in [0.2, 0.25) is 5.75 Å². The van der Waals surface area contributed by atoms with Crippen LogP contribution in [0.1, 0.15) is 34.6 Å². The van der Waals surface area contributed by atoms with Crippen molar-refractivity contribution in [3.8, 4) is 28.6 Å². The lowest BCUT2D eigenvalue weighted by Crippen LogP contribution is -2.02. The van der Waals surface area contributed by atoms with Crippen LogP contribution in [0.3, 0.4) is 0 Å². The highest BCUT2D eigenvalue weighted by Crippen LogP contribution is 2.41. The van der Waals surface area contributed by atoms with Crippen molar-refractivity contribution in [1.29, 1.82) is 0 Å². The molecule has 0 aliphatic heterocycles. The molecule has 3 rings (SSSR count). The third kappa shape index (κ3) is 4.36. The molecule has 0 saturated heterocycles. The van der Waals surface area contributed by atoms with Gasteiger partial charge in [-0.1, -0.05) is 58.0 Å². The Bertz CT molecular complexity index is 882. The molecule has 5 nitrogen and oxygen atoms in total. The third-order valence-electron chi connectivity index (χ3n) is 3.27. The predicted molar refractivity (Wildman–Crippen MR) is 105 cm³/mol. The van der Waals surface area contributed by atoms with Gasteiger partial charge in [-0.05, 0) is 6.92 Å². The van der Waals surface area contributed by atoms with Crippen LogP contribution < -0.4 is 10.2 Å². The van der Waals surface area contributed by atoms with Crippen molar-refractivity contribution in [3.05, 3.63) is 52.7 Å². The van der Waals surface area contributed by atoms with Gasteiger partial charge in [0.05, 0.1) is 6.61 Å². The molecule has 140 valence electrons. The molecular formula is C21H26O5. The number of phenols is 2. The average Bonchev–Trinajstić information content (AvgIpc) is 2.68. The standard InChI is InChI=1S/C17H14O5.2C2H6/c1-2-21-17-12(19)9-14-15(16(17)20)11(18)8-13(22-14)10-6-4-3-5-7-10;2*1-2/h3-9,19-20H,2H2,1H3;2*1-2H3. The fourth-order valence-corrected chi connectivity index (χ4v) is 2.30. The Morgan fingerprint density at radius 2 is 1.62 bits per heavy atom. The quantitative estimate of drug-likeness (QED) is 0.662. The van der Waals surface area contributed by atoms with E-state index in [0.717, 1.165) is 5.56 Å². The highest BCUT2D eigenvalue weighted by atomic mass is 16.5. The van der Waals surface area contributed by atoms with E-state index in [-0.39, 0.29) is 29.1 Å². The molecule has 0 unspecified atom stereocenters. The number of ether oxygens (including phenoxy) is 1. The van der Waals surface area contributed by atoms with Crippen molar-refractivity contribution < 1.29 is 19.4 Å². The summed E-state index contributed by atoms with van der Waals surface area (Å²) < 4.78 is 10.8. The molecule has 26 heavy (non-hydrogen) atoms. The second kappa shape index (κ2) is 10.1. The van der Waals surface area contributed by atoms with E-state index in [1.165, 1.54) is 12.1 Å². The normalized spacial score (nSPS) is 9.58. The average molecular weight is 358 g/mol. The summed E-state index contributed by atoms with van der Waals surface area (Å²) in [5.41, 5.74) is 0.428. The fourth-order valence-electron chi connectivity index (χ4n) is 2.30. The fraction of sp³-hybridized carbons (Fsp3) is 0.286. The Morgan fingerprint density at radius 1 is 1.00 bits per heavy atom. The summed E-state index contributed by atoms with van der Waals surface area (Å²) in [5, 5.41) is 20.1. The van der Waals surface area contributed by atoms with E-state index in [9.17, 15) is 15.0 Å². The molecule has 0 bridgehead atoms. The largest absolute Gasteiger partial charge is 0.504 e. The van der Waals surface area contributed by atoms with Gasteiger partial charge in [0, 0.05) is 17.7 Å². The molecular weight excluding hydrogens is 332 g/mol. The van der Waals surface area contributed by atoms with E-state index in [1.54, 1.807) is 19.1 Å². The van der Waals surface area contributed by atoms with Gasteiger partial charge in [0.15, 0.2) is 16.9 Å². The topological polar surface area (TPSA) is 79.9 Å². The lowest BCUT2D eigenvalue weighted by atomic mass is 10.1. The minimum Gasteiger partial charge on any atom is -0.504 e. The number of hydrogen-bond donors (Lipinski definition) is 2. The zero-order valence-electron chi connectivity index (χ0n) is 15.9. The highest BCUT2D eigenvalue weighted by Gasteiger charge is 2.18. The summed E-state index contributed by atoms with van der Waals surface area (Å²) in [6, 6.07) is 11.7. The van der Waals surface area contributed by atoms with E-state index >= 15 is 0 Å². The number of benzene rings is 2. The lowest BCUT2D eigenvalue weighted by Gasteiger charge is -2.10. The molecule has 2 aromatic carbocycles. The van der Waals surface area contributed by atoms with Crippen molar-refractivity contribution >= 4 is 11.0 Å². The maximum atomic E-state index is 12.3. The lowest BCUT2D eigenvalue weighted by molar-refractivity contribution is 0.300. The maximum absolute atomic E-state index is 12.3. The number of aromatic hydroxyl groups is 2. The number of rotatable bonds is 3. The van der Waals surface area contributed by atoms with Crippen LogP contribution in [0.2, 0.25) is 0 Å². The minimum absolute atomic E-state index is 0.0130. The van der Waals surface area contributed by atoms with E-state index in [2.05, 4.69) is 0 Å². The third-order valence-corrected chi connectivity index (χ3v) is 3.27. The molecule has 1 aromatic heterocycles. The predicted octanol–water partition coefficient (Wildman–Crippen LogP) is 5.32. The second-order valence-electron chi connectivity index (χ2n) is 4.72. The van der Waals surface area contributed by atoms with Crippen LogP contribution >= 0.6 is 0 Å². The van der Waals surface area contributed by atoms with Gasteiger partial charge in [-0.2, -0.15) is 0 Å². The van der Waals surface area contributed by atoms with Gasteiger partial charge in [0.25, 0.3) is 0 Å². The molecule has 0 amide bonds. The van der Waals surface area contributed by atoms with Crippen LogP contribution in [-0.2, 0) is 0 Å². The van der Waals surface area contributed by atoms with E-state index in [4.69, 9.17) is 9.15 Å². The van der Waals surface area contributed by atoms with E-state index < -0.39 is 11.2 Å². The zero-order chi connectivity index (χ0) is 19.7. The van der Waals surface area contributed by atoms with Crippen molar-refractivity contribution in [2.24, 2.45) is 0 Å². The first kappa shape index (κ1) is 21.1. The van der Waals surface area contributed by atoms with Gasteiger partial charge in [-0.25, -0.2) is 0 Å². The minimum atomic E-state index is -0.412. The first-order valence-electron chi connectivity index (χ1n) is 8.82. The molecule has 5 heteroatoms. The Balaban J connectivity index is 0.000000791. The number of phenolic OH excluding ortho intramolecular Hbond substituents is 2. The van der Waals surface area contributed by atoms with Gasteiger partial charge < -0.3 is 19.4 Å². The summed E-state index contributed by atoms with van der Waals surface area (Å²) in [6.45, 7) is 9.96. The van der Waals surface area contributed by atoms with E-state index in [0.29, 0.717) is 5.76 Å². The Labute approximate surface area is 153 Å². The summed E-state index contributed by atoms with van der Waals surface area (Å²) in [6.07, 6.45) is 0. The van der Waals surface area contributed by atoms with Crippen molar-refractivity contribution in [2.45, 2.75) is 34.6 Å². The second-order valence-corrected chi connectivity index (χ2v) is 4.72. The van der Waals surface area contributed by atoms with Crippen molar-refractivity contribution in [1.82, 2.24) is 0 Å². The van der Waals surface area contributed by atoms with Crippen LogP contribution in [-0.4, -0.2) is 16.8 Å². The Hall–Kier alpha value is -2.95. The van der Waals surface area contributed by atoms with Crippen LogP contribution in [0.15, 0.2) is 51.7 Å². The van der Waals surface area contributed by atoms with E-state index in [1.807, 2.05) is 45.9 Å². The molecule has 3 aromatic rings. The molecule has 1 heterocycles. The van der Waals surface area contributed by atoms with Crippen LogP contribution in [0.5, 0.6) is 17.2 Å². The smallest absolute Gasteiger partial charge is 0.204 e. The summed E-state index contributed by atoms with van der Waals surface area (Å²) >= 11 is 0. The number of fused-ring (bicyclic) bond motifs is 1. The van der Waals surface area contributed by atoms with Gasteiger partial charge in [-0.15, -0.1) is 0 Å². The first-order chi connectivity index (χ1) is 12.6. The summed E-state index contributed by atoms with van der Waals surface area (Å²) in [5.74, 6) is -0.443. The molecule has 0 fully saturated rings. The Kier molecular flexibility index (Phi) is 8.22. The monoisotopic (exact) mass is 358 g/mol. The van der Waals surface area contributed by atoms with Crippen LogP contribution in [0.25, 0.3) is 22.3 Å². The summed E-state index contributed by atoms with van der Waals surface area (Å²) in [7, 11) is 0. The molecule has 0 saturated carbocycles. The van der Waals surface area contributed by atoms with Crippen molar-refractivity contribution in [2.75, 3.05) is 6.61 Å². The highest BCUT2D eigenvalue weighted by molar-refractivity contribution is 5.89.